The first-order valence-electron chi connectivity index (χ1n) is 12.2. The van der Waals surface area contributed by atoms with Crippen LogP contribution < -0.4 is 0 Å². The number of rotatable bonds is 17. The van der Waals surface area contributed by atoms with Crippen LogP contribution in [0.3, 0.4) is 0 Å². The zero-order valence-electron chi connectivity index (χ0n) is 19.4. The van der Waals surface area contributed by atoms with Crippen molar-refractivity contribution in [3.63, 3.8) is 0 Å². The molecule has 1 aliphatic rings. The average Bonchev–Trinajstić information content (AvgIpc) is 2.77. The second kappa shape index (κ2) is 17.0. The van der Waals surface area contributed by atoms with Gasteiger partial charge in [0.2, 0.25) is 0 Å². The first-order chi connectivity index (χ1) is 14.9. The molecule has 1 aliphatic heterocycles. The Hall–Kier alpha value is -0.540. The minimum absolute atomic E-state index is 0.104. The van der Waals surface area contributed by atoms with E-state index in [0.717, 1.165) is 12.8 Å². The number of aliphatic hydroxyl groups is 5. The molecule has 0 aromatic heterocycles. The first kappa shape index (κ1) is 28.5. The highest BCUT2D eigenvalue weighted by atomic mass is 16.7. The molecule has 0 saturated carbocycles. The van der Waals surface area contributed by atoms with Crippen LogP contribution in [0.25, 0.3) is 0 Å². The highest BCUT2D eigenvalue weighted by Gasteiger charge is 2.44. The Kier molecular flexibility index (Phi) is 15.6. The highest BCUT2D eigenvalue weighted by Crippen LogP contribution is 2.23. The summed E-state index contributed by atoms with van der Waals surface area (Å²) in [7, 11) is 0. The lowest BCUT2D eigenvalue weighted by Gasteiger charge is -2.40. The van der Waals surface area contributed by atoms with Gasteiger partial charge in [-0.25, -0.2) is 0 Å². The van der Waals surface area contributed by atoms with Crippen LogP contribution in [0.1, 0.15) is 84.5 Å². The molecular formula is C24H46O7. The van der Waals surface area contributed by atoms with E-state index in [-0.39, 0.29) is 12.5 Å². The van der Waals surface area contributed by atoms with Gasteiger partial charge in [0.1, 0.15) is 24.4 Å². The maximum atomic E-state index is 10.3. The first-order valence-corrected chi connectivity index (χ1v) is 12.2. The van der Waals surface area contributed by atoms with Crippen molar-refractivity contribution in [2.45, 2.75) is 121 Å². The summed E-state index contributed by atoms with van der Waals surface area (Å²) in [6.07, 6.45) is 10.6. The zero-order chi connectivity index (χ0) is 23.1. The van der Waals surface area contributed by atoms with Crippen LogP contribution in [0.2, 0.25) is 0 Å². The van der Waals surface area contributed by atoms with E-state index in [1.807, 2.05) is 13.0 Å². The van der Waals surface area contributed by atoms with Gasteiger partial charge in [-0.3, -0.25) is 0 Å². The Balaban J connectivity index is 2.13. The molecule has 0 aromatic carbocycles. The smallest absolute Gasteiger partial charge is 0.186 e. The van der Waals surface area contributed by atoms with E-state index >= 15 is 0 Å². The maximum absolute atomic E-state index is 10.3. The summed E-state index contributed by atoms with van der Waals surface area (Å²) >= 11 is 0. The van der Waals surface area contributed by atoms with Gasteiger partial charge in [0, 0.05) is 5.92 Å². The molecule has 5 N–H and O–H groups in total. The van der Waals surface area contributed by atoms with Gasteiger partial charge < -0.3 is 35.0 Å². The molecule has 0 amide bonds. The van der Waals surface area contributed by atoms with Crippen molar-refractivity contribution in [3.05, 3.63) is 12.2 Å². The predicted octanol–water partition coefficient (Wildman–Crippen LogP) is 2.67. The summed E-state index contributed by atoms with van der Waals surface area (Å²) in [6, 6.07) is 0. The van der Waals surface area contributed by atoms with Gasteiger partial charge in [-0.1, -0.05) is 83.8 Å². The predicted molar refractivity (Wildman–Crippen MR) is 120 cm³/mol. The van der Waals surface area contributed by atoms with Crippen molar-refractivity contribution in [1.82, 2.24) is 0 Å². The molecule has 1 rings (SSSR count). The normalized spacial score (nSPS) is 28.8. The molecule has 7 atom stereocenters. The number of allylic oxidation sites excluding steroid dienone is 1. The maximum Gasteiger partial charge on any atom is 0.186 e. The molecule has 0 spiro atoms. The fourth-order valence-corrected chi connectivity index (χ4v) is 3.73. The van der Waals surface area contributed by atoms with Crippen LogP contribution in [-0.4, -0.2) is 75.6 Å². The summed E-state index contributed by atoms with van der Waals surface area (Å²) in [4.78, 5) is 0. The van der Waals surface area contributed by atoms with Gasteiger partial charge in [-0.15, -0.1) is 0 Å². The number of unbranched alkanes of at least 4 members (excludes halogenated alkanes) is 10. The molecule has 7 nitrogen and oxygen atoms in total. The van der Waals surface area contributed by atoms with E-state index in [0.29, 0.717) is 0 Å². The molecule has 1 heterocycles. The van der Waals surface area contributed by atoms with Crippen LogP contribution in [0, 0.1) is 5.92 Å². The SMILES string of the molecule is CCCCCCCCCCCC/C=C/[C@@H](O)[C@@H](C)CO[C@H]1O[C@H](CO)[C@@H](O)[C@H](O)[C@H]1O. The van der Waals surface area contributed by atoms with Crippen molar-refractivity contribution >= 4 is 0 Å². The van der Waals surface area contributed by atoms with Gasteiger partial charge in [-0.05, 0) is 12.8 Å². The van der Waals surface area contributed by atoms with Crippen LogP contribution in [-0.2, 0) is 9.47 Å². The lowest BCUT2D eigenvalue weighted by molar-refractivity contribution is -0.303. The van der Waals surface area contributed by atoms with E-state index in [4.69, 9.17) is 9.47 Å². The van der Waals surface area contributed by atoms with Crippen LogP contribution in [0.5, 0.6) is 0 Å². The Morgan fingerprint density at radius 3 is 2.03 bits per heavy atom. The minimum Gasteiger partial charge on any atom is -0.394 e. The Labute approximate surface area is 188 Å². The zero-order valence-corrected chi connectivity index (χ0v) is 19.4. The van der Waals surface area contributed by atoms with Gasteiger partial charge >= 0.3 is 0 Å². The largest absolute Gasteiger partial charge is 0.394 e. The van der Waals surface area contributed by atoms with E-state index in [1.54, 1.807) is 6.08 Å². The molecular weight excluding hydrogens is 400 g/mol. The van der Waals surface area contributed by atoms with Crippen molar-refractivity contribution in [2.75, 3.05) is 13.2 Å². The molecule has 31 heavy (non-hydrogen) atoms. The van der Waals surface area contributed by atoms with Gasteiger partial charge in [0.05, 0.1) is 19.3 Å². The molecule has 1 fully saturated rings. The number of ether oxygens (including phenoxy) is 2. The van der Waals surface area contributed by atoms with E-state index in [1.165, 1.54) is 57.8 Å². The molecule has 1 saturated heterocycles. The van der Waals surface area contributed by atoms with E-state index in [2.05, 4.69) is 6.92 Å². The van der Waals surface area contributed by atoms with Gasteiger partial charge in [-0.2, -0.15) is 0 Å². The molecule has 7 heteroatoms. The van der Waals surface area contributed by atoms with Crippen LogP contribution >= 0.6 is 0 Å². The van der Waals surface area contributed by atoms with Crippen LogP contribution in [0.15, 0.2) is 12.2 Å². The number of hydrogen-bond donors (Lipinski definition) is 5. The average molecular weight is 447 g/mol. The molecule has 0 unspecified atom stereocenters. The van der Waals surface area contributed by atoms with Crippen molar-refractivity contribution in [2.24, 2.45) is 5.92 Å². The second-order valence-corrected chi connectivity index (χ2v) is 8.90. The van der Waals surface area contributed by atoms with Crippen LogP contribution in [0.4, 0.5) is 0 Å². The highest BCUT2D eigenvalue weighted by molar-refractivity contribution is 4.92. The molecule has 0 aromatic rings. The lowest BCUT2D eigenvalue weighted by Crippen LogP contribution is -2.59. The third-order valence-electron chi connectivity index (χ3n) is 6.01. The molecule has 0 aliphatic carbocycles. The Bertz CT molecular complexity index is 457. The lowest BCUT2D eigenvalue weighted by atomic mass is 9.99. The summed E-state index contributed by atoms with van der Waals surface area (Å²) in [5, 5.41) is 49.0. The Morgan fingerprint density at radius 1 is 0.871 bits per heavy atom. The summed E-state index contributed by atoms with van der Waals surface area (Å²) < 4.78 is 10.8. The van der Waals surface area contributed by atoms with E-state index in [9.17, 15) is 25.5 Å². The van der Waals surface area contributed by atoms with Gasteiger partial charge in [0.15, 0.2) is 6.29 Å². The molecule has 184 valence electrons. The molecule has 0 radical (unpaired) electrons. The summed E-state index contributed by atoms with van der Waals surface area (Å²) in [5.41, 5.74) is 0. The van der Waals surface area contributed by atoms with Crippen molar-refractivity contribution < 1.29 is 35.0 Å². The fraction of sp³-hybridized carbons (Fsp3) is 0.917. The van der Waals surface area contributed by atoms with E-state index < -0.39 is 43.4 Å². The molecule has 0 bridgehead atoms. The van der Waals surface area contributed by atoms with Gasteiger partial charge in [0.25, 0.3) is 0 Å². The van der Waals surface area contributed by atoms with Crippen molar-refractivity contribution in [3.8, 4) is 0 Å². The topological polar surface area (TPSA) is 120 Å². The summed E-state index contributed by atoms with van der Waals surface area (Å²) in [6.45, 7) is 3.67. The number of aliphatic hydroxyl groups excluding tert-OH is 5. The quantitative estimate of drug-likeness (QED) is 0.172. The number of hydrogen-bond acceptors (Lipinski definition) is 7. The summed E-state index contributed by atoms with van der Waals surface area (Å²) in [5.74, 6) is -0.240. The third kappa shape index (κ3) is 11.2. The Morgan fingerprint density at radius 2 is 1.45 bits per heavy atom. The standard InChI is InChI=1S/C24H46O7/c1-3-4-5-6-7-8-9-10-11-12-13-14-15-19(26)18(2)17-30-24-23(29)22(28)21(27)20(16-25)31-24/h14-15,18-29H,3-13,16-17H2,1-2H3/b15-14+/t18-,19+,20+,21+,22-,23+,24-/m0/s1. The van der Waals surface area contributed by atoms with Crippen molar-refractivity contribution in [1.29, 1.82) is 0 Å². The fourth-order valence-electron chi connectivity index (χ4n) is 3.73. The third-order valence-corrected chi connectivity index (χ3v) is 6.01. The second-order valence-electron chi connectivity index (χ2n) is 8.90. The monoisotopic (exact) mass is 446 g/mol. The minimum atomic E-state index is -1.46.